The molecule has 0 fully saturated rings. The van der Waals surface area contributed by atoms with Crippen LogP contribution >= 0.6 is 11.3 Å². The van der Waals surface area contributed by atoms with Crippen molar-refractivity contribution in [3.63, 3.8) is 0 Å². The van der Waals surface area contributed by atoms with Gasteiger partial charge in [-0.3, -0.25) is 5.43 Å². The maximum atomic E-state index is 6.45. The van der Waals surface area contributed by atoms with Gasteiger partial charge in [0.25, 0.3) is 0 Å². The lowest BCUT2D eigenvalue weighted by atomic mass is 10.1. The highest BCUT2D eigenvalue weighted by Gasteiger charge is 2.28. The van der Waals surface area contributed by atoms with Crippen molar-refractivity contribution in [1.82, 2.24) is 10.4 Å². The van der Waals surface area contributed by atoms with Crippen molar-refractivity contribution in [3.8, 4) is 0 Å². The van der Waals surface area contributed by atoms with Crippen molar-refractivity contribution in [2.45, 2.75) is 33.9 Å². The Kier molecular flexibility index (Phi) is 3.65. The summed E-state index contributed by atoms with van der Waals surface area (Å²) >= 11 is 1.56. The molecule has 1 atom stereocenters. The van der Waals surface area contributed by atoms with E-state index in [1.54, 1.807) is 11.3 Å². The molecule has 0 amide bonds. The molecular formula is C19H20N4OS. The Labute approximate surface area is 150 Å². The van der Waals surface area contributed by atoms with Gasteiger partial charge in [-0.25, -0.2) is 4.98 Å². The largest absolute Gasteiger partial charge is 0.445 e. The first-order valence-corrected chi connectivity index (χ1v) is 9.00. The zero-order valence-corrected chi connectivity index (χ0v) is 15.5. The van der Waals surface area contributed by atoms with Crippen molar-refractivity contribution in [2.75, 3.05) is 5.73 Å². The van der Waals surface area contributed by atoms with Gasteiger partial charge >= 0.3 is 0 Å². The van der Waals surface area contributed by atoms with Crippen LogP contribution in [0.25, 0.3) is 10.2 Å². The Morgan fingerprint density at radius 2 is 1.96 bits per heavy atom. The highest BCUT2D eigenvalue weighted by atomic mass is 32.1. The van der Waals surface area contributed by atoms with Crippen LogP contribution in [0, 0.1) is 27.7 Å². The molecule has 0 radical (unpaired) electrons. The van der Waals surface area contributed by atoms with Gasteiger partial charge in [0, 0.05) is 16.6 Å². The van der Waals surface area contributed by atoms with Crippen molar-refractivity contribution >= 4 is 33.1 Å². The molecule has 6 heteroatoms. The number of benzene rings is 1. The number of nitrogens with two attached hydrogens (primary N) is 1. The maximum Gasteiger partial charge on any atom is 0.240 e. The van der Waals surface area contributed by atoms with Gasteiger partial charge < -0.3 is 10.5 Å². The van der Waals surface area contributed by atoms with E-state index in [-0.39, 0.29) is 6.23 Å². The van der Waals surface area contributed by atoms with Crippen molar-refractivity contribution in [1.29, 1.82) is 0 Å². The van der Waals surface area contributed by atoms with Crippen LogP contribution in [0.3, 0.4) is 0 Å². The van der Waals surface area contributed by atoms with Crippen LogP contribution in [0.5, 0.6) is 0 Å². The third-order valence-electron chi connectivity index (χ3n) is 4.72. The van der Waals surface area contributed by atoms with Crippen molar-refractivity contribution < 1.29 is 4.74 Å². The minimum absolute atomic E-state index is 0.380. The molecule has 128 valence electrons. The van der Waals surface area contributed by atoms with E-state index in [1.807, 2.05) is 32.0 Å². The summed E-state index contributed by atoms with van der Waals surface area (Å²) in [6.07, 6.45) is -0.380. The van der Waals surface area contributed by atoms with Crippen LogP contribution in [0.15, 0.2) is 29.4 Å². The van der Waals surface area contributed by atoms with Gasteiger partial charge in [-0.15, -0.1) is 16.4 Å². The summed E-state index contributed by atoms with van der Waals surface area (Å²) < 4.78 is 6.04. The first-order chi connectivity index (χ1) is 12.0. The fraction of sp³-hybridized carbons (Fsp3) is 0.263. The molecule has 0 bridgehead atoms. The SMILES string of the molecule is Cc1cccc(C2=NNC(c3sc4nc(C)c(C)c(C)c4c3N)O2)c1. The Balaban J connectivity index is 1.70. The highest BCUT2D eigenvalue weighted by Crippen LogP contribution is 2.41. The summed E-state index contributed by atoms with van der Waals surface area (Å²) in [7, 11) is 0. The number of aromatic nitrogens is 1. The zero-order chi connectivity index (χ0) is 17.7. The predicted molar refractivity (Wildman–Crippen MR) is 103 cm³/mol. The van der Waals surface area contributed by atoms with Gasteiger partial charge in [-0.05, 0) is 51.0 Å². The maximum absolute atomic E-state index is 6.45. The van der Waals surface area contributed by atoms with Gasteiger partial charge in [0.2, 0.25) is 12.1 Å². The van der Waals surface area contributed by atoms with Gasteiger partial charge in [0.15, 0.2) is 0 Å². The van der Waals surface area contributed by atoms with E-state index >= 15 is 0 Å². The number of hydrogen-bond donors (Lipinski definition) is 2. The quantitative estimate of drug-likeness (QED) is 0.728. The standard InChI is InChI=1S/C19H20N4OS/c1-9-6-5-7-13(8-9)17-22-23-18(24-17)16-15(20)14-11(3)10(2)12(4)21-19(14)25-16/h5-8,18,23H,20H2,1-4H3. The first-order valence-electron chi connectivity index (χ1n) is 8.18. The van der Waals surface area contributed by atoms with Gasteiger partial charge in [0.1, 0.15) is 4.83 Å². The monoisotopic (exact) mass is 352 g/mol. The number of pyridine rings is 1. The Morgan fingerprint density at radius 3 is 2.72 bits per heavy atom. The molecule has 0 aliphatic carbocycles. The normalized spacial score (nSPS) is 16.6. The average molecular weight is 352 g/mol. The minimum atomic E-state index is -0.380. The smallest absolute Gasteiger partial charge is 0.240 e. The van der Waals surface area contributed by atoms with Crippen LogP contribution < -0.4 is 11.2 Å². The molecule has 1 aliphatic rings. The van der Waals surface area contributed by atoms with Crippen molar-refractivity contribution in [3.05, 3.63) is 57.1 Å². The molecule has 3 heterocycles. The number of nitrogens with one attached hydrogen (secondary N) is 1. The highest BCUT2D eigenvalue weighted by molar-refractivity contribution is 7.19. The number of hydrazone groups is 1. The summed E-state index contributed by atoms with van der Waals surface area (Å²) in [6.45, 7) is 8.25. The number of nitrogens with zero attached hydrogens (tertiary/aromatic N) is 2. The Bertz CT molecular complexity index is 1020. The van der Waals surface area contributed by atoms with Crippen LogP contribution in [-0.4, -0.2) is 10.9 Å². The molecule has 2 aromatic heterocycles. The molecule has 0 saturated carbocycles. The molecule has 1 aliphatic heterocycles. The lowest BCUT2D eigenvalue weighted by Crippen LogP contribution is -2.12. The van der Waals surface area contributed by atoms with Crippen LogP contribution in [-0.2, 0) is 4.74 Å². The second-order valence-electron chi connectivity index (χ2n) is 6.42. The van der Waals surface area contributed by atoms with Gasteiger partial charge in [-0.2, -0.15) is 0 Å². The second-order valence-corrected chi connectivity index (χ2v) is 7.45. The number of anilines is 1. The zero-order valence-electron chi connectivity index (χ0n) is 14.7. The van der Waals surface area contributed by atoms with E-state index in [1.165, 1.54) is 16.7 Å². The van der Waals surface area contributed by atoms with E-state index in [4.69, 9.17) is 15.5 Å². The molecule has 4 rings (SSSR count). The lowest BCUT2D eigenvalue weighted by Gasteiger charge is -2.11. The summed E-state index contributed by atoms with van der Waals surface area (Å²) in [6, 6.07) is 8.09. The molecule has 0 spiro atoms. The van der Waals surface area contributed by atoms with E-state index in [0.717, 1.165) is 32.0 Å². The molecule has 1 aromatic carbocycles. The number of hydrogen-bond acceptors (Lipinski definition) is 6. The lowest BCUT2D eigenvalue weighted by molar-refractivity contribution is 0.196. The molecular weight excluding hydrogens is 332 g/mol. The molecule has 3 N–H and O–H groups in total. The number of fused-ring (bicyclic) bond motifs is 1. The van der Waals surface area contributed by atoms with E-state index < -0.39 is 0 Å². The Morgan fingerprint density at radius 1 is 1.16 bits per heavy atom. The summed E-state index contributed by atoms with van der Waals surface area (Å²) in [4.78, 5) is 6.56. The predicted octanol–water partition coefficient (Wildman–Crippen LogP) is 4.09. The second kappa shape index (κ2) is 5.74. The third kappa shape index (κ3) is 2.53. The summed E-state index contributed by atoms with van der Waals surface area (Å²) in [5.41, 5.74) is 15.8. The molecule has 1 unspecified atom stereocenters. The van der Waals surface area contributed by atoms with Crippen LogP contribution in [0.2, 0.25) is 0 Å². The first kappa shape index (κ1) is 15.9. The van der Waals surface area contributed by atoms with Crippen molar-refractivity contribution in [2.24, 2.45) is 5.10 Å². The van der Waals surface area contributed by atoms with Gasteiger partial charge in [-0.1, -0.05) is 17.7 Å². The number of nitrogen functional groups attached to an aromatic ring is 1. The van der Waals surface area contributed by atoms with Gasteiger partial charge in [0.05, 0.1) is 10.6 Å². The average Bonchev–Trinajstić information content (AvgIpc) is 3.18. The number of aryl methyl sites for hydroxylation is 3. The van der Waals surface area contributed by atoms with E-state index in [9.17, 15) is 0 Å². The summed E-state index contributed by atoms with van der Waals surface area (Å²) in [5, 5.41) is 5.37. The molecule has 25 heavy (non-hydrogen) atoms. The van der Waals surface area contributed by atoms with E-state index in [0.29, 0.717) is 5.90 Å². The fourth-order valence-electron chi connectivity index (χ4n) is 3.08. The van der Waals surface area contributed by atoms with Crippen LogP contribution in [0.4, 0.5) is 5.69 Å². The minimum Gasteiger partial charge on any atom is -0.445 e. The van der Waals surface area contributed by atoms with E-state index in [2.05, 4.69) is 30.4 Å². The molecule has 0 saturated heterocycles. The Hall–Kier alpha value is -2.60. The number of rotatable bonds is 2. The molecule has 3 aromatic rings. The topological polar surface area (TPSA) is 72.5 Å². The van der Waals surface area contributed by atoms with Crippen LogP contribution in [0.1, 0.15) is 39.1 Å². The third-order valence-corrected chi connectivity index (χ3v) is 5.86. The molecule has 5 nitrogen and oxygen atoms in total. The number of ether oxygens (including phenoxy) is 1. The fourth-order valence-corrected chi connectivity index (χ4v) is 4.26. The number of thiophene rings is 1. The summed E-state index contributed by atoms with van der Waals surface area (Å²) in [5.74, 6) is 0.586.